The van der Waals surface area contributed by atoms with Crippen LogP contribution in [-0.2, 0) is 6.42 Å². The van der Waals surface area contributed by atoms with E-state index in [4.69, 9.17) is 0 Å². The molecule has 0 fully saturated rings. The molecule has 0 bridgehead atoms. The molecule has 114 valence electrons. The second-order valence-electron chi connectivity index (χ2n) is 5.35. The lowest BCUT2D eigenvalue weighted by Gasteiger charge is -2.12. The van der Waals surface area contributed by atoms with E-state index in [1.54, 1.807) is 18.2 Å². The van der Waals surface area contributed by atoms with Crippen LogP contribution < -0.4 is 0 Å². The number of aliphatic hydroxyl groups is 1. The number of rotatable bonds is 4. The van der Waals surface area contributed by atoms with Gasteiger partial charge in [0.15, 0.2) is 0 Å². The van der Waals surface area contributed by atoms with Gasteiger partial charge in [0, 0.05) is 5.57 Å². The van der Waals surface area contributed by atoms with Crippen LogP contribution in [-0.4, -0.2) is 10.2 Å². The van der Waals surface area contributed by atoms with Gasteiger partial charge in [-0.25, -0.2) is 0 Å². The van der Waals surface area contributed by atoms with Gasteiger partial charge in [-0.15, -0.1) is 0 Å². The monoisotopic (exact) mass is 358 g/mol. The molecule has 0 atom stereocenters. The Morgan fingerprint density at radius 3 is 2.50 bits per heavy atom. The Bertz CT molecular complexity index is 726. The molecule has 0 unspecified atom stereocenters. The molecule has 0 saturated carbocycles. The van der Waals surface area contributed by atoms with Crippen LogP contribution in [0.15, 0.2) is 64.8 Å². The maximum atomic E-state index is 9.74. The number of hydrogen-bond acceptors (Lipinski definition) is 2. The summed E-state index contributed by atoms with van der Waals surface area (Å²) in [6.45, 7) is 4.14. The lowest BCUT2D eigenvalue weighted by Crippen LogP contribution is -1.95. The fourth-order valence-electron chi connectivity index (χ4n) is 2.25. The van der Waals surface area contributed by atoms with Crippen LogP contribution in [0.3, 0.4) is 0 Å². The molecule has 0 aliphatic rings. The van der Waals surface area contributed by atoms with Gasteiger partial charge < -0.3 is 10.2 Å². The number of aromatic hydroxyl groups is 1. The summed E-state index contributed by atoms with van der Waals surface area (Å²) in [4.78, 5) is 0. The van der Waals surface area contributed by atoms with E-state index in [2.05, 4.69) is 41.9 Å². The van der Waals surface area contributed by atoms with Gasteiger partial charge in [0.05, 0.1) is 10.7 Å². The molecule has 0 aromatic heterocycles. The predicted octanol–water partition coefficient (Wildman–Crippen LogP) is 5.61. The largest absolute Gasteiger partial charge is 0.515 e. The first-order valence-corrected chi connectivity index (χ1v) is 7.87. The summed E-state index contributed by atoms with van der Waals surface area (Å²) in [6.07, 6.45) is 4.11. The SMILES string of the molecule is CC(C)=CCc1ccccc1C(=CO)c1ccc(O)c(Br)c1. The number of halogens is 1. The normalized spacial score (nSPS) is 11.3. The third-order valence-corrected chi connectivity index (χ3v) is 4.06. The van der Waals surface area contributed by atoms with Crippen molar-refractivity contribution >= 4 is 21.5 Å². The smallest absolute Gasteiger partial charge is 0.129 e. The average Bonchev–Trinajstić information content (AvgIpc) is 2.50. The quantitative estimate of drug-likeness (QED) is 0.550. The number of hydrogen-bond donors (Lipinski definition) is 2. The summed E-state index contributed by atoms with van der Waals surface area (Å²) >= 11 is 3.32. The summed E-state index contributed by atoms with van der Waals surface area (Å²) in [5.41, 5.74) is 4.97. The molecule has 0 aliphatic carbocycles. The molecule has 0 spiro atoms. The highest BCUT2D eigenvalue weighted by Gasteiger charge is 2.11. The van der Waals surface area contributed by atoms with Gasteiger partial charge in [-0.05, 0) is 65.0 Å². The molecule has 22 heavy (non-hydrogen) atoms. The summed E-state index contributed by atoms with van der Waals surface area (Å²) in [7, 11) is 0. The maximum Gasteiger partial charge on any atom is 0.129 e. The first-order valence-electron chi connectivity index (χ1n) is 7.08. The van der Waals surface area contributed by atoms with Gasteiger partial charge in [0.2, 0.25) is 0 Å². The van der Waals surface area contributed by atoms with Gasteiger partial charge in [-0.3, -0.25) is 0 Å². The summed E-state index contributed by atoms with van der Waals surface area (Å²) < 4.78 is 0.603. The third-order valence-electron chi connectivity index (χ3n) is 3.43. The van der Waals surface area contributed by atoms with E-state index in [-0.39, 0.29) is 5.75 Å². The number of phenolic OH excluding ortho intramolecular Hbond substituents is 1. The molecular formula is C19H19BrO2. The van der Waals surface area contributed by atoms with Gasteiger partial charge in [0.1, 0.15) is 5.75 Å². The highest BCUT2D eigenvalue weighted by atomic mass is 79.9. The number of allylic oxidation sites excluding steroid dienone is 2. The molecule has 2 aromatic carbocycles. The molecule has 2 aromatic rings. The first-order chi connectivity index (χ1) is 10.5. The molecule has 0 saturated heterocycles. The van der Waals surface area contributed by atoms with Crippen LogP contribution in [0, 0.1) is 0 Å². The molecule has 2 N–H and O–H groups in total. The Morgan fingerprint density at radius 1 is 1.14 bits per heavy atom. The second kappa shape index (κ2) is 7.32. The van der Waals surface area contributed by atoms with Crippen LogP contribution >= 0.6 is 15.9 Å². The van der Waals surface area contributed by atoms with Crippen molar-refractivity contribution in [3.63, 3.8) is 0 Å². The maximum absolute atomic E-state index is 9.74. The lowest BCUT2D eigenvalue weighted by molar-refractivity contribution is 0.471. The number of aliphatic hydroxyl groups excluding tert-OH is 1. The van der Waals surface area contributed by atoms with E-state index in [1.807, 2.05) is 18.2 Å². The average molecular weight is 359 g/mol. The summed E-state index contributed by atoms with van der Waals surface area (Å²) in [5, 5.41) is 19.4. The first kappa shape index (κ1) is 16.4. The Kier molecular flexibility index (Phi) is 5.45. The van der Waals surface area contributed by atoms with Gasteiger partial charge in [0.25, 0.3) is 0 Å². The minimum Gasteiger partial charge on any atom is -0.515 e. The molecule has 0 heterocycles. The Labute approximate surface area is 139 Å². The van der Waals surface area contributed by atoms with Crippen molar-refractivity contribution in [3.05, 3.63) is 81.5 Å². The van der Waals surface area contributed by atoms with Crippen LogP contribution in [0.4, 0.5) is 0 Å². The molecule has 0 radical (unpaired) electrons. The fourth-order valence-corrected chi connectivity index (χ4v) is 2.63. The van der Waals surface area contributed by atoms with E-state index < -0.39 is 0 Å². The standard InChI is InChI=1S/C19H19BrO2/c1-13(2)7-8-14-5-3-4-6-16(14)17(12-21)15-9-10-19(22)18(20)11-15/h3-7,9-12,21-22H,8H2,1-2H3. The highest BCUT2D eigenvalue weighted by molar-refractivity contribution is 9.10. The van der Waals surface area contributed by atoms with Gasteiger partial charge in [-0.1, -0.05) is 42.0 Å². The fraction of sp³-hybridized carbons (Fsp3) is 0.158. The van der Waals surface area contributed by atoms with Crippen molar-refractivity contribution in [1.29, 1.82) is 0 Å². The minimum absolute atomic E-state index is 0.180. The van der Waals surface area contributed by atoms with Crippen LogP contribution in [0.2, 0.25) is 0 Å². The second-order valence-corrected chi connectivity index (χ2v) is 6.21. The lowest BCUT2D eigenvalue weighted by atomic mass is 9.93. The van der Waals surface area contributed by atoms with E-state index in [1.165, 1.54) is 5.57 Å². The topological polar surface area (TPSA) is 40.5 Å². The summed E-state index contributed by atoms with van der Waals surface area (Å²) in [5.74, 6) is 0.180. The third kappa shape index (κ3) is 3.80. The van der Waals surface area contributed by atoms with E-state index in [0.29, 0.717) is 4.47 Å². The van der Waals surface area contributed by atoms with Crippen LogP contribution in [0.25, 0.3) is 5.57 Å². The van der Waals surface area contributed by atoms with Crippen LogP contribution in [0.1, 0.15) is 30.5 Å². The summed E-state index contributed by atoms with van der Waals surface area (Å²) in [6, 6.07) is 13.2. The van der Waals surface area contributed by atoms with Crippen molar-refractivity contribution in [2.24, 2.45) is 0 Å². The zero-order valence-corrected chi connectivity index (χ0v) is 14.3. The van der Waals surface area contributed by atoms with Crippen molar-refractivity contribution in [2.45, 2.75) is 20.3 Å². The van der Waals surface area contributed by atoms with Crippen molar-refractivity contribution in [1.82, 2.24) is 0 Å². The van der Waals surface area contributed by atoms with Gasteiger partial charge >= 0.3 is 0 Å². The zero-order chi connectivity index (χ0) is 16.1. The molecule has 2 nitrogen and oxygen atoms in total. The Hall–Kier alpha value is -2.00. The van der Waals surface area contributed by atoms with E-state index >= 15 is 0 Å². The van der Waals surface area contributed by atoms with Crippen molar-refractivity contribution in [3.8, 4) is 5.75 Å². The molecule has 0 aliphatic heterocycles. The van der Waals surface area contributed by atoms with E-state index in [9.17, 15) is 10.2 Å². The predicted molar refractivity (Wildman–Crippen MR) is 95.1 cm³/mol. The minimum atomic E-state index is 0.180. The Balaban J connectivity index is 2.48. The molecule has 2 rings (SSSR count). The van der Waals surface area contributed by atoms with E-state index in [0.717, 1.165) is 34.9 Å². The van der Waals surface area contributed by atoms with Gasteiger partial charge in [-0.2, -0.15) is 0 Å². The van der Waals surface area contributed by atoms with Crippen molar-refractivity contribution < 1.29 is 10.2 Å². The zero-order valence-electron chi connectivity index (χ0n) is 12.7. The van der Waals surface area contributed by atoms with Crippen molar-refractivity contribution in [2.75, 3.05) is 0 Å². The van der Waals surface area contributed by atoms with Crippen LogP contribution in [0.5, 0.6) is 5.75 Å². The molecule has 0 amide bonds. The molecular weight excluding hydrogens is 340 g/mol. The Morgan fingerprint density at radius 2 is 1.86 bits per heavy atom. The molecule has 3 heteroatoms. The highest BCUT2D eigenvalue weighted by Crippen LogP contribution is 2.32. The number of phenols is 1. The number of benzene rings is 2.